The Morgan fingerprint density at radius 3 is 2.06 bits per heavy atom. The standard InChI is InChI=1S/C14H11Cl3O/c15-11-5-2-1-4-10(11)8-9-18-14-12(16)6-3-7-13(14)17/h1-7H,8-9H2. The first kappa shape index (κ1) is 13.5. The minimum atomic E-state index is 0.479. The zero-order valence-corrected chi connectivity index (χ0v) is 11.8. The fourth-order valence-electron chi connectivity index (χ4n) is 1.58. The van der Waals surface area contributed by atoms with Crippen molar-refractivity contribution < 1.29 is 4.74 Å². The molecule has 0 heterocycles. The molecule has 94 valence electrons. The first-order chi connectivity index (χ1) is 8.68. The van der Waals surface area contributed by atoms with E-state index in [2.05, 4.69) is 0 Å². The quantitative estimate of drug-likeness (QED) is 0.747. The van der Waals surface area contributed by atoms with Gasteiger partial charge < -0.3 is 4.74 Å². The summed E-state index contributed by atoms with van der Waals surface area (Å²) in [6, 6.07) is 13.0. The van der Waals surface area contributed by atoms with E-state index in [-0.39, 0.29) is 0 Å². The van der Waals surface area contributed by atoms with Crippen molar-refractivity contribution in [3.05, 3.63) is 63.1 Å². The molecule has 2 aromatic rings. The lowest BCUT2D eigenvalue weighted by Crippen LogP contribution is -2.02. The number of para-hydroxylation sites is 1. The Kier molecular flexibility index (Phi) is 4.76. The highest BCUT2D eigenvalue weighted by molar-refractivity contribution is 6.37. The minimum absolute atomic E-state index is 0.479. The van der Waals surface area contributed by atoms with E-state index in [1.807, 2.05) is 24.3 Å². The molecule has 2 aromatic carbocycles. The first-order valence-electron chi connectivity index (χ1n) is 5.48. The molecule has 0 aromatic heterocycles. The molecule has 0 unspecified atom stereocenters. The Morgan fingerprint density at radius 2 is 1.39 bits per heavy atom. The minimum Gasteiger partial charge on any atom is -0.490 e. The normalized spacial score (nSPS) is 10.4. The van der Waals surface area contributed by atoms with Crippen molar-refractivity contribution in [2.75, 3.05) is 6.61 Å². The predicted octanol–water partition coefficient (Wildman–Crippen LogP) is 5.27. The molecule has 0 aliphatic rings. The van der Waals surface area contributed by atoms with Crippen LogP contribution in [-0.2, 0) is 6.42 Å². The Hall–Kier alpha value is -0.890. The molecule has 0 amide bonds. The largest absolute Gasteiger partial charge is 0.490 e. The van der Waals surface area contributed by atoms with E-state index in [4.69, 9.17) is 39.5 Å². The second-order valence-corrected chi connectivity index (χ2v) is 4.96. The Balaban J connectivity index is 1.99. The SMILES string of the molecule is Clc1ccccc1CCOc1c(Cl)cccc1Cl. The van der Waals surface area contributed by atoms with E-state index in [0.717, 1.165) is 10.6 Å². The van der Waals surface area contributed by atoms with E-state index in [1.54, 1.807) is 18.2 Å². The van der Waals surface area contributed by atoms with Crippen LogP contribution in [0.25, 0.3) is 0 Å². The van der Waals surface area contributed by atoms with Gasteiger partial charge >= 0.3 is 0 Å². The maximum atomic E-state index is 6.06. The lowest BCUT2D eigenvalue weighted by atomic mass is 10.2. The third-order valence-electron chi connectivity index (χ3n) is 2.49. The molecule has 0 aliphatic carbocycles. The molecule has 4 heteroatoms. The molecule has 18 heavy (non-hydrogen) atoms. The highest BCUT2D eigenvalue weighted by Crippen LogP contribution is 2.32. The fourth-order valence-corrected chi connectivity index (χ4v) is 2.32. The third-order valence-corrected chi connectivity index (χ3v) is 3.46. The predicted molar refractivity (Wildman–Crippen MR) is 77.1 cm³/mol. The van der Waals surface area contributed by atoms with E-state index >= 15 is 0 Å². The van der Waals surface area contributed by atoms with Gasteiger partial charge in [-0.15, -0.1) is 0 Å². The number of hydrogen-bond acceptors (Lipinski definition) is 1. The van der Waals surface area contributed by atoms with Crippen molar-refractivity contribution in [1.82, 2.24) is 0 Å². The maximum absolute atomic E-state index is 6.06. The number of ether oxygens (including phenoxy) is 1. The van der Waals surface area contributed by atoms with Crippen LogP contribution in [0.4, 0.5) is 0 Å². The topological polar surface area (TPSA) is 9.23 Å². The molecule has 0 N–H and O–H groups in total. The average molecular weight is 302 g/mol. The Labute approximate surface area is 121 Å². The van der Waals surface area contributed by atoms with Gasteiger partial charge in [-0.1, -0.05) is 59.1 Å². The van der Waals surface area contributed by atoms with E-state index < -0.39 is 0 Å². The molecule has 0 atom stereocenters. The molecular formula is C14H11Cl3O. The van der Waals surface area contributed by atoms with Crippen molar-refractivity contribution in [2.45, 2.75) is 6.42 Å². The van der Waals surface area contributed by atoms with Crippen LogP contribution in [0.1, 0.15) is 5.56 Å². The molecular weight excluding hydrogens is 291 g/mol. The van der Waals surface area contributed by atoms with Gasteiger partial charge in [-0.3, -0.25) is 0 Å². The first-order valence-corrected chi connectivity index (χ1v) is 6.62. The second kappa shape index (κ2) is 6.33. The van der Waals surface area contributed by atoms with Gasteiger partial charge in [0.2, 0.25) is 0 Å². The second-order valence-electron chi connectivity index (χ2n) is 3.74. The molecule has 1 nitrogen and oxygen atoms in total. The van der Waals surface area contributed by atoms with Crippen molar-refractivity contribution in [2.24, 2.45) is 0 Å². The number of benzene rings is 2. The summed E-state index contributed by atoms with van der Waals surface area (Å²) in [4.78, 5) is 0. The van der Waals surface area contributed by atoms with E-state index in [1.165, 1.54) is 0 Å². The van der Waals surface area contributed by atoms with Crippen LogP contribution in [0.5, 0.6) is 5.75 Å². The molecule has 0 spiro atoms. The molecule has 0 radical (unpaired) electrons. The van der Waals surface area contributed by atoms with Gasteiger partial charge in [-0.2, -0.15) is 0 Å². The van der Waals surface area contributed by atoms with Gasteiger partial charge in [0.1, 0.15) is 0 Å². The van der Waals surface area contributed by atoms with Crippen LogP contribution in [0.15, 0.2) is 42.5 Å². The van der Waals surface area contributed by atoms with Gasteiger partial charge in [0.25, 0.3) is 0 Å². The van der Waals surface area contributed by atoms with Crippen molar-refractivity contribution in [3.63, 3.8) is 0 Å². The van der Waals surface area contributed by atoms with Gasteiger partial charge in [0.05, 0.1) is 16.7 Å². The van der Waals surface area contributed by atoms with Crippen LogP contribution in [0, 0.1) is 0 Å². The van der Waals surface area contributed by atoms with Crippen LogP contribution in [0.3, 0.4) is 0 Å². The summed E-state index contributed by atoms with van der Waals surface area (Å²) in [6.07, 6.45) is 0.710. The molecule has 0 saturated carbocycles. The zero-order chi connectivity index (χ0) is 13.0. The summed E-state index contributed by atoms with van der Waals surface area (Å²) in [6.45, 7) is 0.479. The highest BCUT2D eigenvalue weighted by atomic mass is 35.5. The van der Waals surface area contributed by atoms with E-state index in [0.29, 0.717) is 28.8 Å². The number of halogens is 3. The van der Waals surface area contributed by atoms with Gasteiger partial charge in [-0.05, 0) is 23.8 Å². The van der Waals surface area contributed by atoms with Crippen molar-refractivity contribution >= 4 is 34.8 Å². The Morgan fingerprint density at radius 1 is 0.778 bits per heavy atom. The fraction of sp³-hybridized carbons (Fsp3) is 0.143. The van der Waals surface area contributed by atoms with Crippen LogP contribution in [0.2, 0.25) is 15.1 Å². The van der Waals surface area contributed by atoms with E-state index in [9.17, 15) is 0 Å². The average Bonchev–Trinajstić information content (AvgIpc) is 2.35. The zero-order valence-electron chi connectivity index (χ0n) is 9.50. The monoisotopic (exact) mass is 300 g/mol. The van der Waals surface area contributed by atoms with Crippen molar-refractivity contribution in [1.29, 1.82) is 0 Å². The summed E-state index contributed by atoms with van der Waals surface area (Å²) >= 11 is 18.1. The molecule has 2 rings (SSSR count). The maximum Gasteiger partial charge on any atom is 0.156 e. The molecule has 0 aliphatic heterocycles. The van der Waals surface area contributed by atoms with Gasteiger partial charge in [-0.25, -0.2) is 0 Å². The highest BCUT2D eigenvalue weighted by Gasteiger charge is 2.07. The number of rotatable bonds is 4. The van der Waals surface area contributed by atoms with Crippen LogP contribution < -0.4 is 4.74 Å². The lowest BCUT2D eigenvalue weighted by Gasteiger charge is -2.10. The third kappa shape index (κ3) is 3.32. The van der Waals surface area contributed by atoms with Gasteiger partial charge in [0, 0.05) is 11.4 Å². The molecule has 0 bridgehead atoms. The smallest absolute Gasteiger partial charge is 0.156 e. The van der Waals surface area contributed by atoms with Crippen LogP contribution in [-0.4, -0.2) is 6.61 Å². The lowest BCUT2D eigenvalue weighted by molar-refractivity contribution is 0.322. The summed E-state index contributed by atoms with van der Waals surface area (Å²) in [5.74, 6) is 0.521. The summed E-state index contributed by atoms with van der Waals surface area (Å²) in [7, 11) is 0. The van der Waals surface area contributed by atoms with Crippen molar-refractivity contribution in [3.8, 4) is 5.75 Å². The number of hydrogen-bond donors (Lipinski definition) is 0. The Bertz CT molecular complexity index is 520. The van der Waals surface area contributed by atoms with Crippen LogP contribution >= 0.6 is 34.8 Å². The molecule has 0 fully saturated rings. The summed E-state index contributed by atoms with van der Waals surface area (Å²) < 4.78 is 5.60. The summed E-state index contributed by atoms with van der Waals surface area (Å²) in [5.41, 5.74) is 1.04. The summed E-state index contributed by atoms with van der Waals surface area (Å²) in [5, 5.41) is 1.77. The van der Waals surface area contributed by atoms with Gasteiger partial charge in [0.15, 0.2) is 5.75 Å². The molecule has 0 saturated heterocycles.